The number of ketones is 2. The fraction of sp³-hybridized carbons (Fsp3) is 0. The van der Waals surface area contributed by atoms with Crippen LogP contribution in [0.15, 0.2) is 84.2 Å². The second-order valence-corrected chi connectivity index (χ2v) is 7.38. The number of hydrogen-bond acceptors (Lipinski definition) is 3. The van der Waals surface area contributed by atoms with E-state index in [1.165, 1.54) is 11.3 Å². The van der Waals surface area contributed by atoms with Crippen molar-refractivity contribution in [3.63, 3.8) is 0 Å². The zero-order valence-electron chi connectivity index (χ0n) is 14.3. The summed E-state index contributed by atoms with van der Waals surface area (Å²) in [6, 6.07) is 25.2. The fourth-order valence-corrected chi connectivity index (χ4v) is 4.60. The largest absolute Gasteiger partial charge is 0.289 e. The van der Waals surface area contributed by atoms with E-state index in [0.717, 1.165) is 22.3 Å². The van der Waals surface area contributed by atoms with Gasteiger partial charge in [0.1, 0.15) is 0 Å². The molecular formula is C24H14O2S. The van der Waals surface area contributed by atoms with Crippen molar-refractivity contribution in [2.75, 3.05) is 0 Å². The summed E-state index contributed by atoms with van der Waals surface area (Å²) in [6.07, 6.45) is 0. The Morgan fingerprint density at radius 3 is 1.93 bits per heavy atom. The third-order valence-corrected chi connectivity index (χ3v) is 5.90. The van der Waals surface area contributed by atoms with Gasteiger partial charge in [0.15, 0.2) is 5.78 Å². The summed E-state index contributed by atoms with van der Waals surface area (Å²) >= 11 is 1.35. The van der Waals surface area contributed by atoms with E-state index in [0.29, 0.717) is 21.6 Å². The van der Waals surface area contributed by atoms with Gasteiger partial charge in [0.25, 0.3) is 0 Å². The molecule has 3 aromatic carbocycles. The maximum atomic E-state index is 13.3. The fourth-order valence-electron chi connectivity index (χ4n) is 3.58. The van der Waals surface area contributed by atoms with Gasteiger partial charge in [0.2, 0.25) is 5.78 Å². The molecule has 27 heavy (non-hydrogen) atoms. The van der Waals surface area contributed by atoms with Crippen LogP contribution < -0.4 is 0 Å². The Kier molecular flexibility index (Phi) is 3.62. The molecule has 1 aromatic heterocycles. The average molecular weight is 366 g/mol. The van der Waals surface area contributed by atoms with Crippen molar-refractivity contribution in [2.45, 2.75) is 0 Å². The van der Waals surface area contributed by atoms with Gasteiger partial charge < -0.3 is 0 Å². The smallest absolute Gasteiger partial charge is 0.204 e. The highest BCUT2D eigenvalue weighted by atomic mass is 32.1. The molecule has 1 aliphatic rings. The summed E-state index contributed by atoms with van der Waals surface area (Å²) in [4.78, 5) is 26.9. The molecule has 0 unspecified atom stereocenters. The highest BCUT2D eigenvalue weighted by Crippen LogP contribution is 2.39. The van der Waals surface area contributed by atoms with E-state index in [1.54, 1.807) is 6.07 Å². The average Bonchev–Trinajstić information content (AvgIpc) is 3.19. The van der Waals surface area contributed by atoms with Crippen molar-refractivity contribution >= 4 is 22.9 Å². The van der Waals surface area contributed by atoms with Crippen molar-refractivity contribution in [3.05, 3.63) is 106 Å². The molecule has 0 fully saturated rings. The number of carbonyl (C=O) groups excluding carboxylic acids is 2. The van der Waals surface area contributed by atoms with E-state index in [4.69, 9.17) is 0 Å². The topological polar surface area (TPSA) is 34.1 Å². The van der Waals surface area contributed by atoms with Gasteiger partial charge in [-0.1, -0.05) is 66.7 Å². The van der Waals surface area contributed by atoms with Crippen molar-refractivity contribution in [1.29, 1.82) is 0 Å². The third-order valence-electron chi connectivity index (χ3n) is 4.93. The van der Waals surface area contributed by atoms with E-state index in [9.17, 15) is 9.59 Å². The zero-order chi connectivity index (χ0) is 18.4. The molecule has 0 saturated heterocycles. The first kappa shape index (κ1) is 15.9. The molecular weight excluding hydrogens is 352 g/mol. The Labute approximate surface area is 160 Å². The summed E-state index contributed by atoms with van der Waals surface area (Å²) in [5, 5.41) is 1.92. The van der Waals surface area contributed by atoms with Crippen molar-refractivity contribution < 1.29 is 9.59 Å². The molecule has 5 rings (SSSR count). The second-order valence-electron chi connectivity index (χ2n) is 6.50. The Hall–Kier alpha value is -3.30. The molecule has 4 aromatic rings. The van der Waals surface area contributed by atoms with E-state index < -0.39 is 0 Å². The molecule has 128 valence electrons. The number of carbonyl (C=O) groups is 2. The van der Waals surface area contributed by atoms with Gasteiger partial charge >= 0.3 is 0 Å². The maximum absolute atomic E-state index is 13.3. The van der Waals surface area contributed by atoms with Crippen molar-refractivity contribution in [1.82, 2.24) is 0 Å². The molecule has 1 heterocycles. The lowest BCUT2D eigenvalue weighted by Gasteiger charge is -2.17. The van der Waals surface area contributed by atoms with E-state index in [1.807, 2.05) is 78.2 Å². The number of fused-ring (bicyclic) bond motifs is 2. The number of benzene rings is 3. The monoisotopic (exact) mass is 366 g/mol. The molecule has 0 spiro atoms. The van der Waals surface area contributed by atoms with Gasteiger partial charge in [-0.2, -0.15) is 0 Å². The summed E-state index contributed by atoms with van der Waals surface area (Å²) < 4.78 is 0. The van der Waals surface area contributed by atoms with E-state index in [-0.39, 0.29) is 11.6 Å². The first-order valence-electron chi connectivity index (χ1n) is 8.70. The van der Waals surface area contributed by atoms with Crippen LogP contribution in [0.2, 0.25) is 0 Å². The quantitative estimate of drug-likeness (QED) is 0.392. The van der Waals surface area contributed by atoms with Crippen LogP contribution in [0, 0.1) is 0 Å². The molecule has 0 saturated carbocycles. The lowest BCUT2D eigenvalue weighted by Crippen LogP contribution is -2.19. The minimum Gasteiger partial charge on any atom is -0.289 e. The highest BCUT2D eigenvalue weighted by molar-refractivity contribution is 7.13. The third kappa shape index (κ3) is 2.47. The molecule has 0 N–H and O–H groups in total. The molecule has 2 nitrogen and oxygen atoms in total. The van der Waals surface area contributed by atoms with Gasteiger partial charge in [-0.05, 0) is 28.8 Å². The Morgan fingerprint density at radius 1 is 0.556 bits per heavy atom. The highest BCUT2D eigenvalue weighted by Gasteiger charge is 2.33. The molecule has 0 atom stereocenters. The van der Waals surface area contributed by atoms with E-state index in [2.05, 4.69) is 0 Å². The zero-order valence-corrected chi connectivity index (χ0v) is 15.1. The normalized spacial score (nSPS) is 12.6. The predicted molar refractivity (Wildman–Crippen MR) is 108 cm³/mol. The number of thiophene rings is 1. The SMILES string of the molecule is O=C1c2ccc(-c3ccccc3)cc2C(=O)c2c(-c3ccccc3)csc21. The number of rotatable bonds is 2. The summed E-state index contributed by atoms with van der Waals surface area (Å²) in [5.74, 6) is -0.135. The van der Waals surface area contributed by atoms with Gasteiger partial charge in [0.05, 0.1) is 10.4 Å². The summed E-state index contributed by atoms with van der Waals surface area (Å²) in [7, 11) is 0. The number of hydrogen-bond donors (Lipinski definition) is 0. The van der Waals surface area contributed by atoms with Crippen LogP contribution in [0.5, 0.6) is 0 Å². The van der Waals surface area contributed by atoms with Crippen LogP contribution in [0.4, 0.5) is 0 Å². The Morgan fingerprint density at radius 2 is 1.22 bits per heavy atom. The Balaban J connectivity index is 1.68. The van der Waals surface area contributed by atoms with Gasteiger partial charge in [-0.15, -0.1) is 11.3 Å². The molecule has 1 aliphatic carbocycles. The lowest BCUT2D eigenvalue weighted by atomic mass is 9.84. The van der Waals surface area contributed by atoms with Crippen LogP contribution in [-0.2, 0) is 0 Å². The molecule has 3 heteroatoms. The summed E-state index contributed by atoms with van der Waals surface area (Å²) in [5.41, 5.74) is 5.28. The molecule has 0 radical (unpaired) electrons. The van der Waals surface area contributed by atoms with Crippen LogP contribution in [0.25, 0.3) is 22.3 Å². The maximum Gasteiger partial charge on any atom is 0.204 e. The van der Waals surface area contributed by atoms with Gasteiger partial charge in [-0.3, -0.25) is 9.59 Å². The van der Waals surface area contributed by atoms with Crippen LogP contribution >= 0.6 is 11.3 Å². The lowest BCUT2D eigenvalue weighted by molar-refractivity contribution is 0.0983. The van der Waals surface area contributed by atoms with Crippen LogP contribution in [0.1, 0.15) is 31.2 Å². The standard InChI is InChI=1S/C24H14O2S/c25-22-19-13-17(15-7-3-1-4-8-15)11-12-18(19)23(26)24-21(22)20(14-27-24)16-9-5-2-6-10-16/h1-14H. The first-order valence-corrected chi connectivity index (χ1v) is 9.58. The van der Waals surface area contributed by atoms with Gasteiger partial charge in [0, 0.05) is 22.1 Å². The summed E-state index contributed by atoms with van der Waals surface area (Å²) in [6.45, 7) is 0. The second kappa shape index (κ2) is 6.15. The van der Waals surface area contributed by atoms with Crippen LogP contribution in [0.3, 0.4) is 0 Å². The molecule has 0 amide bonds. The minimum atomic E-state index is -0.0718. The predicted octanol–water partition coefficient (Wildman–Crippen LogP) is 5.86. The molecule has 0 bridgehead atoms. The van der Waals surface area contributed by atoms with Crippen LogP contribution in [-0.4, -0.2) is 11.6 Å². The van der Waals surface area contributed by atoms with Gasteiger partial charge in [-0.25, -0.2) is 0 Å². The first-order chi connectivity index (χ1) is 13.2. The van der Waals surface area contributed by atoms with Crippen molar-refractivity contribution in [3.8, 4) is 22.3 Å². The van der Waals surface area contributed by atoms with Crippen molar-refractivity contribution in [2.24, 2.45) is 0 Å². The molecule has 0 aliphatic heterocycles. The van der Waals surface area contributed by atoms with E-state index >= 15 is 0 Å². The Bertz CT molecular complexity index is 1190. The minimum absolute atomic E-state index is 0.0635.